The lowest BCUT2D eigenvalue weighted by atomic mass is 10.2. The van der Waals surface area contributed by atoms with Crippen molar-refractivity contribution < 1.29 is 4.74 Å². The Labute approximate surface area is 142 Å². The van der Waals surface area contributed by atoms with Crippen LogP contribution in [0.2, 0.25) is 0 Å². The molecule has 0 spiro atoms. The van der Waals surface area contributed by atoms with Crippen LogP contribution in [0.4, 0.5) is 0 Å². The molecular formula is C15H15BrN2OS2. The van der Waals surface area contributed by atoms with E-state index in [-0.39, 0.29) is 17.0 Å². The van der Waals surface area contributed by atoms with E-state index in [9.17, 15) is 0 Å². The minimum absolute atomic E-state index is 0. The molecule has 0 amide bonds. The van der Waals surface area contributed by atoms with Crippen LogP contribution in [0.3, 0.4) is 0 Å². The second kappa shape index (κ2) is 5.66. The van der Waals surface area contributed by atoms with Crippen LogP contribution in [0.25, 0.3) is 15.8 Å². The van der Waals surface area contributed by atoms with Crippen LogP contribution in [0.15, 0.2) is 34.2 Å². The van der Waals surface area contributed by atoms with Gasteiger partial charge in [-0.3, -0.25) is 4.99 Å². The number of halogens is 1. The number of amidine groups is 1. The molecule has 6 heteroatoms. The number of benzene rings is 1. The van der Waals surface area contributed by atoms with E-state index in [4.69, 9.17) is 4.74 Å². The number of allylic oxidation sites excluding steroid dienone is 1. The number of nitrogens with zero attached hydrogens (tertiary/aromatic N) is 2. The first kappa shape index (κ1) is 14.9. The van der Waals surface area contributed by atoms with E-state index in [2.05, 4.69) is 28.9 Å². The zero-order valence-electron chi connectivity index (χ0n) is 11.8. The summed E-state index contributed by atoms with van der Waals surface area (Å²) in [6.45, 7) is 4.09. The molecule has 3 heterocycles. The highest BCUT2D eigenvalue weighted by molar-refractivity contribution is 8.93. The molecule has 0 aliphatic carbocycles. The van der Waals surface area contributed by atoms with Crippen molar-refractivity contribution >= 4 is 61.0 Å². The lowest BCUT2D eigenvalue weighted by Crippen LogP contribution is -2.19. The number of hydrogen-bond acceptors (Lipinski definition) is 5. The van der Waals surface area contributed by atoms with Crippen molar-refractivity contribution in [2.45, 2.75) is 6.92 Å². The Morgan fingerprint density at radius 1 is 1.33 bits per heavy atom. The van der Waals surface area contributed by atoms with E-state index in [1.165, 1.54) is 25.6 Å². The standard InChI is InChI=1S/C15H14N2OS2.BrH/c1-9-13(17-7-6-16-15(17)19-9)12-8-10-4-3-5-11(18-2)14(10)20-12;/h3-5,8H,6-7H2,1-2H3;1H. The molecule has 3 nitrogen and oxygen atoms in total. The Kier molecular flexibility index (Phi) is 4.03. The van der Waals surface area contributed by atoms with Crippen molar-refractivity contribution in [3.63, 3.8) is 0 Å². The molecule has 2 aromatic rings. The summed E-state index contributed by atoms with van der Waals surface area (Å²) in [6.07, 6.45) is 0. The van der Waals surface area contributed by atoms with E-state index >= 15 is 0 Å². The molecule has 4 rings (SSSR count). The number of thioether (sulfide) groups is 1. The van der Waals surface area contributed by atoms with Crippen LogP contribution in [-0.4, -0.2) is 30.3 Å². The van der Waals surface area contributed by atoms with Crippen molar-refractivity contribution in [2.24, 2.45) is 4.99 Å². The molecule has 110 valence electrons. The number of rotatable bonds is 2. The second-order valence-electron chi connectivity index (χ2n) is 4.81. The van der Waals surface area contributed by atoms with Gasteiger partial charge < -0.3 is 9.64 Å². The summed E-state index contributed by atoms with van der Waals surface area (Å²) in [5, 5.41) is 2.40. The predicted octanol–water partition coefficient (Wildman–Crippen LogP) is 4.59. The summed E-state index contributed by atoms with van der Waals surface area (Å²) in [5.41, 5.74) is 1.33. The van der Waals surface area contributed by atoms with Crippen LogP contribution in [0.5, 0.6) is 5.75 Å². The third-order valence-electron chi connectivity index (χ3n) is 3.61. The third kappa shape index (κ3) is 2.29. The van der Waals surface area contributed by atoms with E-state index in [0.717, 1.165) is 24.0 Å². The van der Waals surface area contributed by atoms with Crippen molar-refractivity contribution in [1.29, 1.82) is 0 Å². The maximum absolute atomic E-state index is 5.47. The molecule has 1 aromatic carbocycles. The minimum Gasteiger partial charge on any atom is -0.495 e. The van der Waals surface area contributed by atoms with E-state index in [1.807, 2.05) is 12.1 Å². The maximum Gasteiger partial charge on any atom is 0.168 e. The molecule has 0 radical (unpaired) electrons. The van der Waals surface area contributed by atoms with Gasteiger partial charge in [0, 0.05) is 11.4 Å². The molecule has 0 atom stereocenters. The molecule has 0 saturated carbocycles. The van der Waals surface area contributed by atoms with Gasteiger partial charge in [0.2, 0.25) is 0 Å². The fourth-order valence-corrected chi connectivity index (χ4v) is 5.08. The van der Waals surface area contributed by atoms with Gasteiger partial charge in [-0.05, 0) is 24.4 Å². The van der Waals surface area contributed by atoms with Crippen LogP contribution < -0.4 is 4.74 Å². The summed E-state index contributed by atoms with van der Waals surface area (Å²) in [5.74, 6) is 0.956. The van der Waals surface area contributed by atoms with Crippen molar-refractivity contribution in [3.05, 3.63) is 34.0 Å². The highest BCUT2D eigenvalue weighted by Gasteiger charge is 2.31. The number of fused-ring (bicyclic) bond motifs is 2. The van der Waals surface area contributed by atoms with Crippen molar-refractivity contribution in [1.82, 2.24) is 4.90 Å². The molecular weight excluding hydrogens is 368 g/mol. The lowest BCUT2D eigenvalue weighted by Gasteiger charge is -2.15. The minimum atomic E-state index is 0. The third-order valence-corrected chi connectivity index (χ3v) is 5.81. The van der Waals surface area contributed by atoms with Gasteiger partial charge >= 0.3 is 0 Å². The first-order valence-corrected chi connectivity index (χ1v) is 8.19. The maximum atomic E-state index is 5.47. The van der Waals surface area contributed by atoms with E-state index in [1.54, 1.807) is 30.2 Å². The van der Waals surface area contributed by atoms with Gasteiger partial charge in [-0.15, -0.1) is 28.3 Å². The molecule has 2 aliphatic heterocycles. The topological polar surface area (TPSA) is 24.8 Å². The van der Waals surface area contributed by atoms with Crippen molar-refractivity contribution in [2.75, 3.05) is 20.2 Å². The fraction of sp³-hybridized carbons (Fsp3) is 0.267. The smallest absolute Gasteiger partial charge is 0.168 e. The highest BCUT2D eigenvalue weighted by atomic mass is 79.9. The van der Waals surface area contributed by atoms with Gasteiger partial charge in [0.15, 0.2) is 5.17 Å². The molecule has 0 saturated heterocycles. The summed E-state index contributed by atoms with van der Waals surface area (Å²) < 4.78 is 6.69. The monoisotopic (exact) mass is 382 g/mol. The molecule has 0 fully saturated rings. The van der Waals surface area contributed by atoms with Gasteiger partial charge in [0.05, 0.1) is 28.9 Å². The SMILES string of the molecule is Br.COc1cccc2cc(C3=C(C)SC4=NCCN43)sc12. The Balaban J connectivity index is 0.00000132. The van der Waals surface area contributed by atoms with Gasteiger partial charge in [-0.1, -0.05) is 23.9 Å². The number of hydrogen-bond donors (Lipinski definition) is 0. The zero-order chi connectivity index (χ0) is 13.7. The molecule has 1 aromatic heterocycles. The van der Waals surface area contributed by atoms with Gasteiger partial charge in [-0.25, -0.2) is 0 Å². The largest absolute Gasteiger partial charge is 0.495 e. The fourth-order valence-electron chi connectivity index (χ4n) is 2.72. The number of thiophene rings is 1. The Morgan fingerprint density at radius 2 is 2.19 bits per heavy atom. The molecule has 0 unspecified atom stereocenters. The molecule has 21 heavy (non-hydrogen) atoms. The first-order chi connectivity index (χ1) is 9.78. The summed E-state index contributed by atoms with van der Waals surface area (Å²) >= 11 is 3.60. The summed E-state index contributed by atoms with van der Waals surface area (Å²) in [6, 6.07) is 8.49. The first-order valence-electron chi connectivity index (χ1n) is 6.55. The molecule has 0 N–H and O–H groups in total. The summed E-state index contributed by atoms with van der Waals surface area (Å²) in [7, 11) is 1.73. The summed E-state index contributed by atoms with van der Waals surface area (Å²) in [4.78, 5) is 9.55. The highest BCUT2D eigenvalue weighted by Crippen LogP contribution is 2.45. The molecule has 0 bridgehead atoms. The second-order valence-corrected chi connectivity index (χ2v) is 7.05. The van der Waals surface area contributed by atoms with Crippen molar-refractivity contribution in [3.8, 4) is 5.75 Å². The van der Waals surface area contributed by atoms with Crippen LogP contribution in [0, 0.1) is 0 Å². The number of methoxy groups -OCH3 is 1. The van der Waals surface area contributed by atoms with Gasteiger partial charge in [-0.2, -0.15) is 0 Å². The number of aliphatic imine (C=N–C) groups is 1. The normalized spacial score (nSPS) is 17.0. The van der Waals surface area contributed by atoms with Gasteiger partial charge in [0.25, 0.3) is 0 Å². The lowest BCUT2D eigenvalue weighted by molar-refractivity contribution is 0.420. The van der Waals surface area contributed by atoms with Crippen LogP contribution in [-0.2, 0) is 0 Å². The predicted molar refractivity (Wildman–Crippen MR) is 97.9 cm³/mol. The quantitative estimate of drug-likeness (QED) is 0.758. The molecule has 2 aliphatic rings. The van der Waals surface area contributed by atoms with Crippen LogP contribution >= 0.6 is 40.1 Å². The number of ether oxygens (including phenoxy) is 1. The Morgan fingerprint density at radius 3 is 3.00 bits per heavy atom. The van der Waals surface area contributed by atoms with E-state index < -0.39 is 0 Å². The average Bonchev–Trinajstić information content (AvgIpc) is 3.10. The van der Waals surface area contributed by atoms with E-state index in [0.29, 0.717) is 0 Å². The Bertz CT molecular complexity index is 766. The zero-order valence-corrected chi connectivity index (χ0v) is 15.1. The average molecular weight is 383 g/mol. The van der Waals surface area contributed by atoms with Crippen LogP contribution in [0.1, 0.15) is 11.8 Å². The van der Waals surface area contributed by atoms with Gasteiger partial charge in [0.1, 0.15) is 5.75 Å². The Hall–Kier alpha value is -0.980.